The lowest BCUT2D eigenvalue weighted by Crippen LogP contribution is -1.98. The van der Waals surface area contributed by atoms with Gasteiger partial charge >= 0.3 is 0 Å². The molecule has 0 N–H and O–H groups in total. The maximum Gasteiger partial charge on any atom is 0.0603 e. The minimum atomic E-state index is 0.448. The van der Waals surface area contributed by atoms with Gasteiger partial charge in [-0.25, -0.2) is 0 Å². The molecule has 74 valence electrons. The number of hydrogen-bond donors (Lipinski definition) is 0. The van der Waals surface area contributed by atoms with Gasteiger partial charge in [-0.15, -0.1) is 0 Å². The maximum absolute atomic E-state index is 5.93. The second-order valence-corrected chi connectivity index (χ2v) is 4.52. The number of aliphatic imine (C=N–C) groups is 1. The van der Waals surface area contributed by atoms with Gasteiger partial charge in [0.2, 0.25) is 0 Å². The summed E-state index contributed by atoms with van der Waals surface area (Å²) in [6, 6.07) is 8.37. The van der Waals surface area contributed by atoms with Crippen LogP contribution in [0, 0.1) is 0 Å². The third-order valence-electron chi connectivity index (χ3n) is 2.39. The number of halogens is 2. The van der Waals surface area contributed by atoms with E-state index >= 15 is 0 Å². The van der Waals surface area contributed by atoms with Crippen molar-refractivity contribution in [2.45, 2.75) is 18.9 Å². The molecule has 0 radical (unpaired) electrons. The first-order valence-corrected chi connectivity index (χ1v) is 6.18. The summed E-state index contributed by atoms with van der Waals surface area (Å²) in [5, 5.41) is 1.74. The summed E-state index contributed by atoms with van der Waals surface area (Å²) >= 11 is 9.39. The maximum atomic E-state index is 5.93. The number of nitrogens with zero attached hydrogens (tertiary/aromatic N) is 1. The molecule has 1 aromatic carbocycles. The van der Waals surface area contributed by atoms with Gasteiger partial charge in [-0.05, 0) is 30.5 Å². The Morgan fingerprint density at radius 2 is 2.36 bits per heavy atom. The highest BCUT2D eigenvalue weighted by Crippen LogP contribution is 2.21. The van der Waals surface area contributed by atoms with Gasteiger partial charge in [0, 0.05) is 16.1 Å². The SMILES string of the molecule is Clc1cccc(C2=NC(CBr)CC2)c1. The fraction of sp³-hybridized carbons (Fsp3) is 0.364. The smallest absolute Gasteiger partial charge is 0.0603 e. The Hall–Kier alpha value is -0.340. The predicted molar refractivity (Wildman–Crippen MR) is 64.8 cm³/mol. The lowest BCUT2D eigenvalue weighted by Gasteiger charge is -2.00. The van der Waals surface area contributed by atoms with E-state index in [9.17, 15) is 0 Å². The first-order valence-electron chi connectivity index (χ1n) is 4.68. The van der Waals surface area contributed by atoms with E-state index in [1.165, 1.54) is 11.3 Å². The minimum absolute atomic E-state index is 0.448. The molecule has 0 amide bonds. The average Bonchev–Trinajstić information content (AvgIpc) is 2.66. The number of rotatable bonds is 2. The monoisotopic (exact) mass is 271 g/mol. The van der Waals surface area contributed by atoms with Gasteiger partial charge in [-0.2, -0.15) is 0 Å². The van der Waals surface area contributed by atoms with Crippen LogP contribution < -0.4 is 0 Å². The second-order valence-electron chi connectivity index (χ2n) is 3.43. The van der Waals surface area contributed by atoms with E-state index in [0.717, 1.165) is 23.2 Å². The van der Waals surface area contributed by atoms with Crippen LogP contribution in [0.1, 0.15) is 18.4 Å². The number of alkyl halides is 1. The summed E-state index contributed by atoms with van der Waals surface area (Å²) in [5.74, 6) is 0. The molecule has 0 spiro atoms. The molecule has 1 atom stereocenters. The number of benzene rings is 1. The van der Waals surface area contributed by atoms with E-state index in [2.05, 4.69) is 27.0 Å². The summed E-state index contributed by atoms with van der Waals surface area (Å²) in [4.78, 5) is 4.63. The second kappa shape index (κ2) is 4.45. The Morgan fingerprint density at radius 3 is 3.00 bits per heavy atom. The first-order chi connectivity index (χ1) is 6.79. The molecule has 1 unspecified atom stereocenters. The van der Waals surface area contributed by atoms with Crippen LogP contribution in [0.15, 0.2) is 29.3 Å². The van der Waals surface area contributed by atoms with Crippen molar-refractivity contribution in [1.82, 2.24) is 0 Å². The summed E-state index contributed by atoms with van der Waals surface area (Å²) in [6.07, 6.45) is 2.21. The Bertz CT molecular complexity index is 362. The van der Waals surface area contributed by atoms with E-state index in [1.807, 2.05) is 18.2 Å². The highest BCUT2D eigenvalue weighted by atomic mass is 79.9. The van der Waals surface area contributed by atoms with Crippen molar-refractivity contribution in [3.63, 3.8) is 0 Å². The molecule has 1 heterocycles. The third-order valence-corrected chi connectivity index (χ3v) is 3.37. The first kappa shape index (κ1) is 10.2. The van der Waals surface area contributed by atoms with Crippen LogP contribution in [0.25, 0.3) is 0 Å². The summed E-state index contributed by atoms with van der Waals surface area (Å²) in [7, 11) is 0. The molecule has 1 aromatic rings. The van der Waals surface area contributed by atoms with Gasteiger partial charge < -0.3 is 0 Å². The molecule has 1 aliphatic rings. The van der Waals surface area contributed by atoms with Crippen LogP contribution in [0.5, 0.6) is 0 Å². The van der Waals surface area contributed by atoms with Crippen LogP contribution in [0.4, 0.5) is 0 Å². The van der Waals surface area contributed by atoms with Crippen molar-refractivity contribution in [3.8, 4) is 0 Å². The lowest BCUT2D eigenvalue weighted by molar-refractivity contribution is 0.753. The highest BCUT2D eigenvalue weighted by molar-refractivity contribution is 9.09. The van der Waals surface area contributed by atoms with Crippen molar-refractivity contribution in [1.29, 1.82) is 0 Å². The standard InChI is InChI=1S/C11H11BrClN/c12-7-10-4-5-11(14-10)8-2-1-3-9(13)6-8/h1-3,6,10H,4-5,7H2. The van der Waals surface area contributed by atoms with E-state index in [1.54, 1.807) is 0 Å². The molecule has 0 saturated carbocycles. The Morgan fingerprint density at radius 1 is 1.50 bits per heavy atom. The van der Waals surface area contributed by atoms with Crippen LogP contribution in [0.2, 0.25) is 5.02 Å². The quantitative estimate of drug-likeness (QED) is 0.728. The molecule has 0 aliphatic carbocycles. The molecule has 0 saturated heterocycles. The van der Waals surface area contributed by atoms with Gasteiger partial charge in [0.1, 0.15) is 0 Å². The van der Waals surface area contributed by atoms with E-state index in [-0.39, 0.29) is 0 Å². The molecule has 0 aromatic heterocycles. The minimum Gasteiger partial charge on any atom is -0.285 e. The zero-order chi connectivity index (χ0) is 9.97. The summed E-state index contributed by atoms with van der Waals surface area (Å²) < 4.78 is 0. The molecule has 1 nitrogen and oxygen atoms in total. The van der Waals surface area contributed by atoms with Gasteiger partial charge in [0.25, 0.3) is 0 Å². The third kappa shape index (κ3) is 2.18. The summed E-state index contributed by atoms with van der Waals surface area (Å²) in [5.41, 5.74) is 2.36. The molecule has 14 heavy (non-hydrogen) atoms. The Kier molecular flexibility index (Phi) is 3.24. The molecular formula is C11H11BrClN. The average molecular weight is 273 g/mol. The Balaban J connectivity index is 2.24. The van der Waals surface area contributed by atoms with Crippen LogP contribution >= 0.6 is 27.5 Å². The molecule has 2 rings (SSSR count). The summed E-state index contributed by atoms with van der Waals surface area (Å²) in [6.45, 7) is 0. The van der Waals surface area contributed by atoms with Crippen molar-refractivity contribution in [3.05, 3.63) is 34.9 Å². The van der Waals surface area contributed by atoms with Crippen LogP contribution in [0.3, 0.4) is 0 Å². The normalized spacial score (nSPS) is 21.0. The van der Waals surface area contributed by atoms with E-state index in [4.69, 9.17) is 11.6 Å². The lowest BCUT2D eigenvalue weighted by atomic mass is 10.1. The van der Waals surface area contributed by atoms with Crippen molar-refractivity contribution >= 4 is 33.2 Å². The van der Waals surface area contributed by atoms with E-state index in [0.29, 0.717) is 6.04 Å². The molecule has 1 aliphatic heterocycles. The molecule has 0 bridgehead atoms. The van der Waals surface area contributed by atoms with Gasteiger partial charge in [0.05, 0.1) is 6.04 Å². The molecule has 3 heteroatoms. The molecule has 0 fully saturated rings. The van der Waals surface area contributed by atoms with Gasteiger partial charge in [0.15, 0.2) is 0 Å². The van der Waals surface area contributed by atoms with Crippen LogP contribution in [-0.2, 0) is 0 Å². The van der Waals surface area contributed by atoms with Crippen LogP contribution in [-0.4, -0.2) is 17.1 Å². The van der Waals surface area contributed by atoms with Gasteiger partial charge in [-0.3, -0.25) is 4.99 Å². The van der Waals surface area contributed by atoms with Crippen molar-refractivity contribution in [2.75, 3.05) is 5.33 Å². The number of hydrogen-bond acceptors (Lipinski definition) is 1. The van der Waals surface area contributed by atoms with Crippen molar-refractivity contribution < 1.29 is 0 Å². The molecular weight excluding hydrogens is 261 g/mol. The fourth-order valence-electron chi connectivity index (χ4n) is 1.65. The largest absolute Gasteiger partial charge is 0.285 e. The van der Waals surface area contributed by atoms with Gasteiger partial charge in [-0.1, -0.05) is 39.7 Å². The zero-order valence-electron chi connectivity index (χ0n) is 7.71. The topological polar surface area (TPSA) is 12.4 Å². The predicted octanol–water partition coefficient (Wildman–Crippen LogP) is 3.69. The van der Waals surface area contributed by atoms with E-state index < -0.39 is 0 Å². The zero-order valence-corrected chi connectivity index (χ0v) is 10.1. The fourth-order valence-corrected chi connectivity index (χ4v) is 2.31. The van der Waals surface area contributed by atoms with Crippen molar-refractivity contribution in [2.24, 2.45) is 4.99 Å². The Labute approximate surface area is 97.3 Å². The highest BCUT2D eigenvalue weighted by Gasteiger charge is 2.17.